The van der Waals surface area contributed by atoms with Crippen LogP contribution in [0.5, 0.6) is 0 Å². The second-order valence-corrected chi connectivity index (χ2v) is 11.1. The highest BCUT2D eigenvalue weighted by Crippen LogP contribution is 2.36. The summed E-state index contributed by atoms with van der Waals surface area (Å²) >= 11 is 0. The first-order chi connectivity index (χ1) is 18.6. The molecule has 0 spiro atoms. The summed E-state index contributed by atoms with van der Waals surface area (Å²) < 4.78 is 18.1. The number of aliphatic hydroxyl groups excluding tert-OH is 5. The summed E-state index contributed by atoms with van der Waals surface area (Å²) in [4.78, 5) is 0. The molecule has 2 heterocycles. The second kappa shape index (κ2) is 15.6. The third kappa shape index (κ3) is 8.24. The molecule has 0 bridgehead atoms. The van der Waals surface area contributed by atoms with E-state index in [1.54, 1.807) is 0 Å². The minimum atomic E-state index is -1.43. The molecule has 3 aliphatic rings. The van der Waals surface area contributed by atoms with Crippen molar-refractivity contribution in [2.45, 2.75) is 105 Å². The van der Waals surface area contributed by atoms with E-state index in [1.165, 1.54) is 0 Å². The first kappa shape index (κ1) is 32.9. The van der Waals surface area contributed by atoms with Gasteiger partial charge < -0.3 is 79.0 Å². The summed E-state index contributed by atoms with van der Waals surface area (Å²) in [5, 5.41) is 58.7. The van der Waals surface area contributed by atoms with E-state index >= 15 is 0 Å². The Kier molecular flexibility index (Phi) is 13.1. The number of hydrogen-bond acceptors (Lipinski definition) is 15. The van der Waals surface area contributed by atoms with Crippen LogP contribution in [0, 0.1) is 5.92 Å². The molecule has 2 saturated heterocycles. The van der Waals surface area contributed by atoms with Gasteiger partial charge in [-0.1, -0.05) is 0 Å². The minimum Gasteiger partial charge on any atom is -0.394 e. The van der Waals surface area contributed by atoms with Crippen LogP contribution in [0.1, 0.15) is 25.7 Å². The van der Waals surface area contributed by atoms with E-state index in [2.05, 4.69) is 10.6 Å². The van der Waals surface area contributed by atoms with Gasteiger partial charge in [0.05, 0.1) is 37.1 Å². The van der Waals surface area contributed by atoms with Crippen molar-refractivity contribution >= 4 is 0 Å². The zero-order chi connectivity index (χ0) is 28.7. The molecule has 15 heteroatoms. The maximum absolute atomic E-state index is 11.7. The Bertz CT molecular complexity index is 715. The van der Waals surface area contributed by atoms with E-state index < -0.39 is 79.7 Å². The van der Waals surface area contributed by atoms with Crippen LogP contribution in [0.25, 0.3) is 0 Å². The van der Waals surface area contributed by atoms with Crippen molar-refractivity contribution in [1.82, 2.24) is 10.6 Å². The molecule has 1 aliphatic carbocycles. The van der Waals surface area contributed by atoms with Crippen LogP contribution < -0.4 is 39.3 Å². The summed E-state index contributed by atoms with van der Waals surface area (Å²) in [6, 6.07) is -2.60. The van der Waals surface area contributed by atoms with E-state index in [1.807, 2.05) is 0 Å². The summed E-state index contributed by atoms with van der Waals surface area (Å²) in [5.74, 6) is -0.608. The van der Waals surface area contributed by atoms with Crippen LogP contribution in [-0.2, 0) is 14.2 Å². The molecule has 230 valence electrons. The SMILES string of the molecule is NCCCNCC1CCC(N)C(C2C(N)CC(NCC(O)CN)C(OC3OC(CO)C(O)C(N)C3O)C2O)O1. The van der Waals surface area contributed by atoms with Gasteiger partial charge in [0.1, 0.15) is 24.4 Å². The van der Waals surface area contributed by atoms with Crippen LogP contribution in [0.15, 0.2) is 0 Å². The van der Waals surface area contributed by atoms with Gasteiger partial charge in [-0.05, 0) is 38.8 Å². The second-order valence-electron chi connectivity index (χ2n) is 11.1. The molecule has 17 N–H and O–H groups in total. The lowest BCUT2D eigenvalue weighted by Crippen LogP contribution is -2.69. The van der Waals surface area contributed by atoms with Gasteiger partial charge in [0, 0.05) is 43.7 Å². The zero-order valence-corrected chi connectivity index (χ0v) is 22.5. The summed E-state index contributed by atoms with van der Waals surface area (Å²) in [7, 11) is 0. The fourth-order valence-electron chi connectivity index (χ4n) is 5.81. The molecule has 3 rings (SSSR count). The maximum Gasteiger partial charge on any atom is 0.186 e. The molecule has 3 fully saturated rings. The number of aliphatic hydroxyl groups is 5. The van der Waals surface area contributed by atoms with Crippen molar-refractivity contribution in [2.24, 2.45) is 34.6 Å². The predicted molar refractivity (Wildman–Crippen MR) is 142 cm³/mol. The standard InChI is InChI=1S/C24H51N7O8/c25-4-1-5-30-9-12-2-3-13(27)22(37-12)17-14(28)6-15(31-8-11(33)7-26)23(20(17)35)39-24-21(36)18(29)19(34)16(10-32)38-24/h11-24,30-36H,1-10,25-29H2. The highest BCUT2D eigenvalue weighted by atomic mass is 16.7. The van der Waals surface area contributed by atoms with E-state index in [-0.39, 0.29) is 25.2 Å². The average Bonchev–Trinajstić information content (AvgIpc) is 2.92. The van der Waals surface area contributed by atoms with Crippen LogP contribution in [0.2, 0.25) is 0 Å². The number of nitrogens with one attached hydrogen (secondary N) is 2. The summed E-state index contributed by atoms with van der Waals surface area (Å²) in [6.45, 7) is 1.59. The first-order valence-corrected chi connectivity index (χ1v) is 14.0. The van der Waals surface area contributed by atoms with Gasteiger partial charge in [-0.15, -0.1) is 0 Å². The summed E-state index contributed by atoms with van der Waals surface area (Å²) in [5.41, 5.74) is 30.2. The maximum atomic E-state index is 11.7. The average molecular weight is 566 g/mol. The fraction of sp³-hybridized carbons (Fsp3) is 1.00. The minimum absolute atomic E-state index is 0.0311. The predicted octanol–water partition coefficient (Wildman–Crippen LogP) is -6.06. The highest BCUT2D eigenvalue weighted by molar-refractivity contribution is 5.05. The Morgan fingerprint density at radius 1 is 0.974 bits per heavy atom. The number of ether oxygens (including phenoxy) is 3. The van der Waals surface area contributed by atoms with Crippen molar-refractivity contribution in [2.75, 3.05) is 39.3 Å². The van der Waals surface area contributed by atoms with Crippen LogP contribution in [0.3, 0.4) is 0 Å². The van der Waals surface area contributed by atoms with Crippen molar-refractivity contribution in [3.05, 3.63) is 0 Å². The Morgan fingerprint density at radius 2 is 1.72 bits per heavy atom. The number of nitrogens with two attached hydrogens (primary N) is 5. The van der Waals surface area contributed by atoms with E-state index in [0.717, 1.165) is 19.4 Å². The van der Waals surface area contributed by atoms with Crippen molar-refractivity contribution in [3.63, 3.8) is 0 Å². The third-order valence-corrected chi connectivity index (χ3v) is 8.17. The molecule has 0 amide bonds. The molecule has 39 heavy (non-hydrogen) atoms. The third-order valence-electron chi connectivity index (χ3n) is 8.17. The van der Waals surface area contributed by atoms with Gasteiger partial charge in [-0.3, -0.25) is 0 Å². The number of hydrogen-bond donors (Lipinski definition) is 12. The molecule has 0 aromatic heterocycles. The number of rotatable bonds is 13. The molecular weight excluding hydrogens is 514 g/mol. The normalized spacial score (nSPS) is 44.3. The van der Waals surface area contributed by atoms with E-state index in [0.29, 0.717) is 25.9 Å². The molecule has 1 saturated carbocycles. The van der Waals surface area contributed by atoms with Crippen LogP contribution in [-0.4, -0.2) is 144 Å². The zero-order valence-electron chi connectivity index (χ0n) is 22.5. The molecule has 0 radical (unpaired) electrons. The highest BCUT2D eigenvalue weighted by Gasteiger charge is 2.52. The van der Waals surface area contributed by atoms with Crippen LogP contribution in [0.4, 0.5) is 0 Å². The van der Waals surface area contributed by atoms with Crippen LogP contribution >= 0.6 is 0 Å². The molecule has 0 aromatic carbocycles. The lowest BCUT2D eigenvalue weighted by Gasteiger charge is -2.51. The quantitative estimate of drug-likeness (QED) is 0.0925. The largest absolute Gasteiger partial charge is 0.394 e. The molecule has 15 nitrogen and oxygen atoms in total. The molecule has 2 aliphatic heterocycles. The Balaban J connectivity index is 1.79. The summed E-state index contributed by atoms with van der Waals surface area (Å²) in [6.07, 6.45) is -6.24. The lowest BCUT2D eigenvalue weighted by molar-refractivity contribution is -0.306. The molecular formula is C24H51N7O8. The van der Waals surface area contributed by atoms with Gasteiger partial charge >= 0.3 is 0 Å². The first-order valence-electron chi connectivity index (χ1n) is 14.0. The van der Waals surface area contributed by atoms with Gasteiger partial charge in [-0.25, -0.2) is 0 Å². The Labute approximate surface area is 229 Å². The Morgan fingerprint density at radius 3 is 2.38 bits per heavy atom. The smallest absolute Gasteiger partial charge is 0.186 e. The van der Waals surface area contributed by atoms with E-state index in [4.69, 9.17) is 42.9 Å². The van der Waals surface area contributed by atoms with Crippen molar-refractivity contribution in [1.29, 1.82) is 0 Å². The Hall–Kier alpha value is -0.600. The molecule has 14 atom stereocenters. The topological polar surface area (TPSA) is 283 Å². The van der Waals surface area contributed by atoms with Crippen molar-refractivity contribution < 1.29 is 39.7 Å². The lowest BCUT2D eigenvalue weighted by atomic mass is 9.72. The molecule has 0 aromatic rings. The van der Waals surface area contributed by atoms with Gasteiger partial charge in [0.2, 0.25) is 0 Å². The van der Waals surface area contributed by atoms with Gasteiger partial charge in [0.25, 0.3) is 0 Å². The van der Waals surface area contributed by atoms with Gasteiger partial charge in [-0.2, -0.15) is 0 Å². The molecule has 14 unspecified atom stereocenters. The van der Waals surface area contributed by atoms with Gasteiger partial charge in [0.15, 0.2) is 6.29 Å². The van der Waals surface area contributed by atoms with Crippen molar-refractivity contribution in [3.8, 4) is 0 Å². The fourth-order valence-corrected chi connectivity index (χ4v) is 5.81. The monoisotopic (exact) mass is 565 g/mol. The van der Waals surface area contributed by atoms with E-state index in [9.17, 15) is 25.5 Å².